The maximum absolute atomic E-state index is 13.9. The van der Waals surface area contributed by atoms with Gasteiger partial charge in [0.2, 0.25) is 11.8 Å². The summed E-state index contributed by atoms with van der Waals surface area (Å²) in [5.74, 6) is 0.222. The first-order valence-corrected chi connectivity index (χ1v) is 13.6. The van der Waals surface area contributed by atoms with Crippen molar-refractivity contribution in [2.75, 3.05) is 13.1 Å². The Morgan fingerprint density at radius 2 is 1.62 bits per heavy atom. The van der Waals surface area contributed by atoms with Crippen molar-refractivity contribution in [1.82, 2.24) is 9.80 Å². The molecule has 2 N–H and O–H groups in total. The zero-order valence-electron chi connectivity index (χ0n) is 22.7. The number of imide groups is 1. The summed E-state index contributed by atoms with van der Waals surface area (Å²) in [6, 6.07) is 24.5. The van der Waals surface area contributed by atoms with Crippen molar-refractivity contribution in [3.05, 3.63) is 96.1 Å². The number of Topliss-reactive ketones (excluding diaryl/α,β-unsaturated/α-hetero) is 1. The molecule has 3 aromatic rings. The maximum Gasteiger partial charge on any atom is 0.246 e. The van der Waals surface area contributed by atoms with Gasteiger partial charge in [-0.25, -0.2) is 0 Å². The van der Waals surface area contributed by atoms with E-state index in [2.05, 4.69) is 0 Å². The third kappa shape index (κ3) is 6.99. The van der Waals surface area contributed by atoms with E-state index in [1.54, 1.807) is 18.2 Å². The van der Waals surface area contributed by atoms with Crippen LogP contribution >= 0.6 is 0 Å². The van der Waals surface area contributed by atoms with E-state index < -0.39 is 12.1 Å². The van der Waals surface area contributed by atoms with Gasteiger partial charge in [-0.1, -0.05) is 80.9 Å². The fraction of sp³-hybridized carbons (Fsp3) is 0.344. The highest BCUT2D eigenvalue weighted by atomic mass is 16.5. The van der Waals surface area contributed by atoms with E-state index in [4.69, 9.17) is 10.5 Å². The molecule has 204 valence electrons. The van der Waals surface area contributed by atoms with Crippen molar-refractivity contribution in [1.29, 1.82) is 0 Å². The Bertz CT molecular complexity index is 1260. The van der Waals surface area contributed by atoms with Crippen molar-refractivity contribution in [3.63, 3.8) is 0 Å². The summed E-state index contributed by atoms with van der Waals surface area (Å²) in [6.45, 7) is 4.69. The first-order chi connectivity index (χ1) is 18.9. The number of nitrogens with two attached hydrogens (primary N) is 1. The Hall–Kier alpha value is -3.81. The fourth-order valence-electron chi connectivity index (χ4n) is 4.85. The SMILES string of the molecule is CC[C@H](C)[C@H](N)C(=O)N(Cc1ccccc1)C(=O)[C@@H]1CCCN1CC(=O)c1ccccc1Oc1ccccc1. The lowest BCUT2D eigenvalue weighted by molar-refractivity contribution is -0.149. The topological polar surface area (TPSA) is 92.9 Å². The van der Waals surface area contributed by atoms with Crippen LogP contribution in [-0.4, -0.2) is 52.6 Å². The molecule has 1 aliphatic heterocycles. The number of para-hydroxylation sites is 2. The molecule has 39 heavy (non-hydrogen) atoms. The second kappa shape index (κ2) is 13.3. The number of ether oxygens (including phenoxy) is 1. The number of hydrogen-bond donors (Lipinski definition) is 1. The quantitative estimate of drug-likeness (QED) is 0.351. The van der Waals surface area contributed by atoms with Gasteiger partial charge in [0.05, 0.1) is 30.7 Å². The number of likely N-dealkylation sites (tertiary alicyclic amines) is 1. The molecular weight excluding hydrogens is 490 g/mol. The average Bonchev–Trinajstić information content (AvgIpc) is 3.43. The molecular formula is C32H37N3O4. The maximum atomic E-state index is 13.9. The van der Waals surface area contributed by atoms with E-state index in [0.717, 1.165) is 18.4 Å². The number of carbonyl (C=O) groups excluding carboxylic acids is 3. The molecule has 0 unspecified atom stereocenters. The Morgan fingerprint density at radius 1 is 0.974 bits per heavy atom. The van der Waals surface area contributed by atoms with Crippen molar-refractivity contribution < 1.29 is 19.1 Å². The fourth-order valence-corrected chi connectivity index (χ4v) is 4.85. The molecule has 1 fully saturated rings. The predicted molar refractivity (Wildman–Crippen MR) is 151 cm³/mol. The molecule has 1 heterocycles. The highest BCUT2D eigenvalue weighted by Crippen LogP contribution is 2.27. The number of hydrogen-bond acceptors (Lipinski definition) is 6. The molecule has 0 saturated carbocycles. The molecule has 7 nitrogen and oxygen atoms in total. The molecule has 1 aliphatic rings. The van der Waals surface area contributed by atoms with Gasteiger partial charge in [-0.2, -0.15) is 0 Å². The van der Waals surface area contributed by atoms with E-state index >= 15 is 0 Å². The van der Waals surface area contributed by atoms with Crippen LogP contribution in [0.25, 0.3) is 0 Å². The lowest BCUT2D eigenvalue weighted by atomic mass is 9.98. The molecule has 4 rings (SSSR count). The van der Waals surface area contributed by atoms with Crippen molar-refractivity contribution >= 4 is 17.6 Å². The standard InChI is InChI=1S/C32H37N3O4/c1-3-23(2)30(33)32(38)35(21-24-13-6-4-7-14-24)31(37)27-18-12-20-34(27)22-28(36)26-17-10-11-19-29(26)39-25-15-8-5-9-16-25/h4-11,13-17,19,23,27,30H,3,12,18,20-22,33H2,1-2H3/t23-,27-,30-/m0/s1. The second-order valence-electron chi connectivity index (χ2n) is 10.1. The minimum Gasteiger partial charge on any atom is -0.457 e. The van der Waals surface area contributed by atoms with Gasteiger partial charge < -0.3 is 10.5 Å². The summed E-state index contributed by atoms with van der Waals surface area (Å²) in [5.41, 5.74) is 7.61. The monoisotopic (exact) mass is 527 g/mol. The molecule has 3 aromatic carbocycles. The first kappa shape index (κ1) is 28.2. The van der Waals surface area contributed by atoms with Crippen LogP contribution in [-0.2, 0) is 16.1 Å². The van der Waals surface area contributed by atoms with Gasteiger partial charge in [-0.15, -0.1) is 0 Å². The van der Waals surface area contributed by atoms with Crippen LogP contribution in [0, 0.1) is 5.92 Å². The Balaban J connectivity index is 1.53. The van der Waals surface area contributed by atoms with E-state index in [1.807, 2.05) is 85.5 Å². The predicted octanol–water partition coefficient (Wildman–Crippen LogP) is 5.05. The zero-order valence-corrected chi connectivity index (χ0v) is 22.7. The zero-order chi connectivity index (χ0) is 27.8. The van der Waals surface area contributed by atoms with Gasteiger partial charge in [0, 0.05) is 0 Å². The van der Waals surface area contributed by atoms with Crippen LogP contribution in [0.1, 0.15) is 49.0 Å². The van der Waals surface area contributed by atoms with Crippen LogP contribution in [0.5, 0.6) is 11.5 Å². The largest absolute Gasteiger partial charge is 0.457 e. The highest BCUT2D eigenvalue weighted by Gasteiger charge is 2.39. The van der Waals surface area contributed by atoms with Gasteiger partial charge in [0.15, 0.2) is 5.78 Å². The Morgan fingerprint density at radius 3 is 2.31 bits per heavy atom. The number of nitrogens with zero attached hydrogens (tertiary/aromatic N) is 2. The number of carbonyl (C=O) groups is 3. The average molecular weight is 528 g/mol. The van der Waals surface area contributed by atoms with Crippen molar-refractivity contribution in [2.45, 2.75) is 51.7 Å². The van der Waals surface area contributed by atoms with Gasteiger partial charge in [-0.05, 0) is 55.1 Å². The molecule has 1 saturated heterocycles. The normalized spacial score (nSPS) is 16.8. The summed E-state index contributed by atoms with van der Waals surface area (Å²) in [6.07, 6.45) is 2.07. The van der Waals surface area contributed by atoms with Gasteiger partial charge in [0.25, 0.3) is 0 Å². The van der Waals surface area contributed by atoms with Crippen LogP contribution in [0.2, 0.25) is 0 Å². The Labute approximate surface area is 230 Å². The molecule has 0 spiro atoms. The van der Waals surface area contributed by atoms with Gasteiger partial charge in [-0.3, -0.25) is 24.2 Å². The van der Waals surface area contributed by atoms with E-state index in [-0.39, 0.29) is 36.6 Å². The summed E-state index contributed by atoms with van der Waals surface area (Å²) >= 11 is 0. The molecule has 2 amide bonds. The minimum atomic E-state index is -0.777. The number of amides is 2. The molecule has 0 radical (unpaired) electrons. The van der Waals surface area contributed by atoms with E-state index in [0.29, 0.717) is 30.0 Å². The highest BCUT2D eigenvalue weighted by molar-refractivity contribution is 6.02. The Kier molecular flexibility index (Phi) is 9.63. The molecule has 3 atom stereocenters. The van der Waals surface area contributed by atoms with Crippen LogP contribution < -0.4 is 10.5 Å². The van der Waals surface area contributed by atoms with Crippen molar-refractivity contribution in [3.8, 4) is 11.5 Å². The number of ketones is 1. The van der Waals surface area contributed by atoms with Crippen LogP contribution in [0.4, 0.5) is 0 Å². The summed E-state index contributed by atoms with van der Waals surface area (Å²) in [7, 11) is 0. The van der Waals surface area contributed by atoms with Gasteiger partial charge >= 0.3 is 0 Å². The van der Waals surface area contributed by atoms with Gasteiger partial charge in [0.1, 0.15) is 11.5 Å². The van der Waals surface area contributed by atoms with E-state index in [9.17, 15) is 14.4 Å². The minimum absolute atomic E-state index is 0.0519. The van der Waals surface area contributed by atoms with Crippen LogP contribution in [0.3, 0.4) is 0 Å². The molecule has 0 aliphatic carbocycles. The lowest BCUT2D eigenvalue weighted by Gasteiger charge is -2.31. The van der Waals surface area contributed by atoms with Crippen molar-refractivity contribution in [2.24, 2.45) is 11.7 Å². The third-order valence-corrected chi connectivity index (χ3v) is 7.41. The number of rotatable bonds is 11. The third-order valence-electron chi connectivity index (χ3n) is 7.41. The number of benzene rings is 3. The summed E-state index contributed by atoms with van der Waals surface area (Å²) < 4.78 is 5.99. The lowest BCUT2D eigenvalue weighted by Crippen LogP contribution is -2.54. The second-order valence-corrected chi connectivity index (χ2v) is 10.1. The summed E-state index contributed by atoms with van der Waals surface area (Å²) in [5, 5.41) is 0. The van der Waals surface area contributed by atoms with Crippen LogP contribution in [0.15, 0.2) is 84.9 Å². The smallest absolute Gasteiger partial charge is 0.246 e. The van der Waals surface area contributed by atoms with E-state index in [1.165, 1.54) is 4.90 Å². The molecule has 0 aromatic heterocycles. The summed E-state index contributed by atoms with van der Waals surface area (Å²) in [4.78, 5) is 44.1. The molecule has 7 heteroatoms. The molecule has 0 bridgehead atoms. The first-order valence-electron chi connectivity index (χ1n) is 13.6.